The van der Waals surface area contributed by atoms with Gasteiger partial charge in [0.25, 0.3) is 5.91 Å². The van der Waals surface area contributed by atoms with Crippen molar-refractivity contribution in [3.8, 4) is 0 Å². The van der Waals surface area contributed by atoms with Crippen LogP contribution in [0.1, 0.15) is 35.5 Å². The van der Waals surface area contributed by atoms with Crippen LogP contribution in [0.4, 0.5) is 5.82 Å². The molecule has 2 heterocycles. The minimum atomic E-state index is -0.0604. The van der Waals surface area contributed by atoms with Crippen LogP contribution in [0.5, 0.6) is 0 Å². The predicted molar refractivity (Wildman–Crippen MR) is 71.9 cm³/mol. The summed E-state index contributed by atoms with van der Waals surface area (Å²) in [5.41, 5.74) is 0. The Labute approximate surface area is 110 Å². The van der Waals surface area contributed by atoms with Crippen molar-refractivity contribution >= 4 is 23.1 Å². The van der Waals surface area contributed by atoms with Crippen molar-refractivity contribution in [2.24, 2.45) is 5.92 Å². The molecular formula is C13H15N3OS. The Morgan fingerprint density at radius 1 is 1.56 bits per heavy atom. The molecule has 5 heteroatoms. The summed E-state index contributed by atoms with van der Waals surface area (Å²) in [6, 6.07) is 5.91. The molecule has 0 radical (unpaired) electrons. The van der Waals surface area contributed by atoms with E-state index in [2.05, 4.69) is 17.3 Å². The van der Waals surface area contributed by atoms with Gasteiger partial charge in [0.2, 0.25) is 0 Å². The van der Waals surface area contributed by atoms with Crippen molar-refractivity contribution in [1.82, 2.24) is 9.78 Å². The number of carbonyl (C=O) groups excluding carboxylic acids is 1. The molecule has 1 N–H and O–H groups in total. The summed E-state index contributed by atoms with van der Waals surface area (Å²) < 4.78 is 1.92. The molecule has 0 bridgehead atoms. The number of rotatable bonds is 4. The van der Waals surface area contributed by atoms with Gasteiger partial charge in [-0.25, -0.2) is 4.68 Å². The third kappa shape index (κ3) is 2.18. The third-order valence-corrected chi connectivity index (χ3v) is 4.22. The van der Waals surface area contributed by atoms with E-state index in [-0.39, 0.29) is 5.91 Å². The first-order chi connectivity index (χ1) is 8.75. The van der Waals surface area contributed by atoms with Gasteiger partial charge in [0, 0.05) is 6.07 Å². The summed E-state index contributed by atoms with van der Waals surface area (Å²) in [7, 11) is 0. The zero-order valence-corrected chi connectivity index (χ0v) is 11.0. The van der Waals surface area contributed by atoms with E-state index >= 15 is 0 Å². The number of carbonyl (C=O) groups is 1. The Morgan fingerprint density at radius 2 is 2.39 bits per heavy atom. The van der Waals surface area contributed by atoms with Crippen molar-refractivity contribution in [1.29, 1.82) is 0 Å². The quantitative estimate of drug-likeness (QED) is 0.919. The molecule has 0 saturated heterocycles. The van der Waals surface area contributed by atoms with Gasteiger partial charge in [0.1, 0.15) is 5.82 Å². The first kappa shape index (κ1) is 11.5. The van der Waals surface area contributed by atoms with Crippen LogP contribution < -0.4 is 5.32 Å². The maximum Gasteiger partial charge on any atom is 0.266 e. The lowest BCUT2D eigenvalue weighted by molar-refractivity contribution is 0.102. The van der Waals surface area contributed by atoms with Gasteiger partial charge in [0.05, 0.1) is 17.1 Å². The summed E-state index contributed by atoms with van der Waals surface area (Å²) in [5.74, 6) is 1.44. The number of amides is 1. The molecule has 4 nitrogen and oxygen atoms in total. The fraction of sp³-hybridized carbons (Fsp3) is 0.385. The molecule has 94 valence electrons. The highest BCUT2D eigenvalue weighted by molar-refractivity contribution is 7.12. The molecule has 1 unspecified atom stereocenters. The van der Waals surface area contributed by atoms with E-state index in [0.29, 0.717) is 12.0 Å². The highest BCUT2D eigenvalue weighted by Crippen LogP contribution is 2.40. The van der Waals surface area contributed by atoms with Gasteiger partial charge in [-0.3, -0.25) is 4.79 Å². The standard InChI is InChI=1S/C13H15N3OS/c1-9(10-4-5-10)16-12(6-7-14-16)15-13(17)11-3-2-8-18-11/h2-3,6-10H,4-5H2,1H3,(H,15,17). The lowest BCUT2D eigenvalue weighted by Gasteiger charge is -2.15. The molecule has 0 spiro atoms. The SMILES string of the molecule is CC(C1CC1)n1nccc1NC(=O)c1cccs1. The van der Waals surface area contributed by atoms with Crippen LogP contribution in [0.25, 0.3) is 0 Å². The van der Waals surface area contributed by atoms with Crippen molar-refractivity contribution in [3.63, 3.8) is 0 Å². The second kappa shape index (κ2) is 4.57. The molecule has 3 rings (SSSR count). The number of nitrogens with one attached hydrogen (secondary N) is 1. The first-order valence-electron chi connectivity index (χ1n) is 6.14. The number of nitrogens with zero attached hydrogens (tertiary/aromatic N) is 2. The van der Waals surface area contributed by atoms with Crippen LogP contribution >= 0.6 is 11.3 Å². The van der Waals surface area contributed by atoms with E-state index in [4.69, 9.17) is 0 Å². The van der Waals surface area contributed by atoms with Crippen molar-refractivity contribution in [3.05, 3.63) is 34.7 Å². The normalized spacial score (nSPS) is 16.5. The molecule has 0 aliphatic heterocycles. The number of aromatic nitrogens is 2. The Morgan fingerprint density at radius 3 is 3.06 bits per heavy atom. The molecule has 18 heavy (non-hydrogen) atoms. The third-order valence-electron chi connectivity index (χ3n) is 3.35. The average molecular weight is 261 g/mol. The highest BCUT2D eigenvalue weighted by atomic mass is 32.1. The van der Waals surface area contributed by atoms with Crippen LogP contribution in [0, 0.1) is 5.92 Å². The zero-order chi connectivity index (χ0) is 12.5. The summed E-state index contributed by atoms with van der Waals surface area (Å²) >= 11 is 1.44. The summed E-state index contributed by atoms with van der Waals surface area (Å²) in [6.07, 6.45) is 4.27. The van der Waals surface area contributed by atoms with Crippen LogP contribution in [-0.2, 0) is 0 Å². The second-order valence-electron chi connectivity index (χ2n) is 4.67. The summed E-state index contributed by atoms with van der Waals surface area (Å²) in [5, 5.41) is 9.15. The topological polar surface area (TPSA) is 46.9 Å². The lowest BCUT2D eigenvalue weighted by Crippen LogP contribution is -2.17. The van der Waals surface area contributed by atoms with Crippen molar-refractivity contribution in [2.75, 3.05) is 5.32 Å². The second-order valence-corrected chi connectivity index (χ2v) is 5.62. The largest absolute Gasteiger partial charge is 0.306 e. The van der Waals surface area contributed by atoms with Gasteiger partial charge in [-0.2, -0.15) is 5.10 Å². The smallest absolute Gasteiger partial charge is 0.266 e. The molecule has 1 aliphatic rings. The predicted octanol–water partition coefficient (Wildman–Crippen LogP) is 3.17. The zero-order valence-electron chi connectivity index (χ0n) is 10.2. The first-order valence-corrected chi connectivity index (χ1v) is 7.02. The molecule has 2 aromatic heterocycles. The van der Waals surface area contributed by atoms with Gasteiger partial charge in [-0.15, -0.1) is 11.3 Å². The van der Waals surface area contributed by atoms with Crippen LogP contribution in [0.2, 0.25) is 0 Å². The fourth-order valence-corrected chi connectivity index (χ4v) is 2.72. The Bertz CT molecular complexity index is 542. The van der Waals surface area contributed by atoms with Gasteiger partial charge < -0.3 is 5.32 Å². The highest BCUT2D eigenvalue weighted by Gasteiger charge is 2.30. The lowest BCUT2D eigenvalue weighted by atomic mass is 10.2. The Kier molecular flexibility index (Phi) is 2.91. The van der Waals surface area contributed by atoms with Crippen LogP contribution in [0.3, 0.4) is 0 Å². The minimum Gasteiger partial charge on any atom is -0.306 e. The van der Waals surface area contributed by atoms with E-state index in [1.54, 1.807) is 6.20 Å². The number of hydrogen-bond donors (Lipinski definition) is 1. The molecule has 1 aliphatic carbocycles. The summed E-state index contributed by atoms with van der Waals surface area (Å²) in [6.45, 7) is 2.16. The van der Waals surface area contributed by atoms with E-state index < -0.39 is 0 Å². The van der Waals surface area contributed by atoms with E-state index in [1.807, 2.05) is 28.3 Å². The van der Waals surface area contributed by atoms with E-state index in [0.717, 1.165) is 10.7 Å². The van der Waals surface area contributed by atoms with Gasteiger partial charge in [-0.1, -0.05) is 6.07 Å². The van der Waals surface area contributed by atoms with E-state index in [1.165, 1.54) is 24.2 Å². The molecule has 0 aromatic carbocycles. The number of hydrogen-bond acceptors (Lipinski definition) is 3. The Balaban J connectivity index is 1.76. The molecule has 1 fully saturated rings. The Hall–Kier alpha value is -1.62. The number of thiophene rings is 1. The van der Waals surface area contributed by atoms with Crippen molar-refractivity contribution in [2.45, 2.75) is 25.8 Å². The van der Waals surface area contributed by atoms with Gasteiger partial charge in [0.15, 0.2) is 0 Å². The van der Waals surface area contributed by atoms with Crippen LogP contribution in [-0.4, -0.2) is 15.7 Å². The van der Waals surface area contributed by atoms with Crippen LogP contribution in [0.15, 0.2) is 29.8 Å². The fourth-order valence-electron chi connectivity index (χ4n) is 2.10. The minimum absolute atomic E-state index is 0.0604. The molecule has 1 saturated carbocycles. The maximum absolute atomic E-state index is 12.0. The monoisotopic (exact) mass is 261 g/mol. The van der Waals surface area contributed by atoms with Gasteiger partial charge in [-0.05, 0) is 37.1 Å². The average Bonchev–Trinajstić information content (AvgIpc) is 2.90. The summed E-state index contributed by atoms with van der Waals surface area (Å²) in [4.78, 5) is 12.7. The molecule has 2 aromatic rings. The maximum atomic E-state index is 12.0. The molecule has 1 amide bonds. The number of anilines is 1. The molecule has 1 atom stereocenters. The van der Waals surface area contributed by atoms with E-state index in [9.17, 15) is 4.79 Å². The molecular weight excluding hydrogens is 246 g/mol. The van der Waals surface area contributed by atoms with Crippen molar-refractivity contribution < 1.29 is 4.79 Å². The van der Waals surface area contributed by atoms with Gasteiger partial charge >= 0.3 is 0 Å².